The summed E-state index contributed by atoms with van der Waals surface area (Å²) < 4.78 is 0. The summed E-state index contributed by atoms with van der Waals surface area (Å²) in [5.41, 5.74) is 0.740. The second-order valence-corrected chi connectivity index (χ2v) is 3.98. The molecule has 6 nitrogen and oxygen atoms in total. The van der Waals surface area contributed by atoms with Crippen LogP contribution in [-0.4, -0.2) is 39.0 Å². The molecule has 1 aromatic heterocycles. The molecule has 2 heterocycles. The first-order valence-corrected chi connectivity index (χ1v) is 5.45. The zero-order valence-corrected chi connectivity index (χ0v) is 8.30. The third kappa shape index (κ3) is 2.24. The molecule has 1 aliphatic heterocycles. The van der Waals surface area contributed by atoms with E-state index in [1.165, 1.54) is 0 Å². The van der Waals surface area contributed by atoms with Crippen LogP contribution in [0.15, 0.2) is 6.20 Å². The minimum absolute atomic E-state index is 0.0259. The number of thioether (sulfide) groups is 1. The summed E-state index contributed by atoms with van der Waals surface area (Å²) in [5, 5.41) is 15.9. The Morgan fingerprint density at radius 2 is 2.71 bits per heavy atom. The van der Waals surface area contributed by atoms with Crippen molar-refractivity contribution < 1.29 is 4.79 Å². The number of nitrogens with zero attached hydrogens (tertiary/aromatic N) is 2. The van der Waals surface area contributed by atoms with Crippen molar-refractivity contribution in [2.24, 2.45) is 0 Å². The summed E-state index contributed by atoms with van der Waals surface area (Å²) in [6.07, 6.45) is 1.59. The molecule has 1 saturated heterocycles. The van der Waals surface area contributed by atoms with E-state index in [1.54, 1.807) is 18.0 Å². The Balaban J connectivity index is 1.77. The molecule has 7 heteroatoms. The molecular formula is C7H11N5OS. The van der Waals surface area contributed by atoms with E-state index in [0.29, 0.717) is 6.54 Å². The molecule has 1 aliphatic rings. The summed E-state index contributed by atoms with van der Waals surface area (Å²) in [4.78, 5) is 11.5. The lowest BCUT2D eigenvalue weighted by atomic mass is 10.3. The van der Waals surface area contributed by atoms with Crippen molar-refractivity contribution in [1.29, 1.82) is 0 Å². The van der Waals surface area contributed by atoms with Gasteiger partial charge in [-0.25, -0.2) is 0 Å². The maximum atomic E-state index is 11.5. The van der Waals surface area contributed by atoms with Gasteiger partial charge in [-0.1, -0.05) is 0 Å². The molecule has 14 heavy (non-hydrogen) atoms. The molecule has 0 bridgehead atoms. The van der Waals surface area contributed by atoms with E-state index in [1.807, 2.05) is 0 Å². The van der Waals surface area contributed by atoms with Crippen molar-refractivity contribution in [2.45, 2.75) is 12.6 Å². The number of carbonyl (C=O) groups is 1. The molecule has 1 amide bonds. The fourth-order valence-corrected chi connectivity index (χ4v) is 2.12. The van der Waals surface area contributed by atoms with Gasteiger partial charge in [0.1, 0.15) is 5.69 Å². The molecule has 3 N–H and O–H groups in total. The predicted molar refractivity (Wildman–Crippen MR) is 52.5 cm³/mol. The van der Waals surface area contributed by atoms with Crippen LogP contribution in [0.25, 0.3) is 0 Å². The summed E-state index contributed by atoms with van der Waals surface area (Å²) >= 11 is 1.73. The van der Waals surface area contributed by atoms with Crippen molar-refractivity contribution in [3.8, 4) is 0 Å². The normalized spacial score (nSPS) is 21.0. The lowest BCUT2D eigenvalue weighted by molar-refractivity contribution is -0.122. The first-order chi connectivity index (χ1) is 6.86. The van der Waals surface area contributed by atoms with Gasteiger partial charge in [0.2, 0.25) is 5.91 Å². The van der Waals surface area contributed by atoms with E-state index in [0.717, 1.165) is 17.3 Å². The van der Waals surface area contributed by atoms with Crippen LogP contribution in [0.2, 0.25) is 0 Å². The van der Waals surface area contributed by atoms with Gasteiger partial charge >= 0.3 is 0 Å². The number of hydrogen-bond acceptors (Lipinski definition) is 5. The number of rotatable bonds is 3. The van der Waals surface area contributed by atoms with Gasteiger partial charge in [-0.15, -0.1) is 11.8 Å². The monoisotopic (exact) mass is 213 g/mol. The Labute approximate surface area is 85.2 Å². The van der Waals surface area contributed by atoms with Crippen LogP contribution in [-0.2, 0) is 11.3 Å². The minimum atomic E-state index is -0.0631. The average molecular weight is 213 g/mol. The maximum absolute atomic E-state index is 11.5. The van der Waals surface area contributed by atoms with Crippen LogP contribution in [0.1, 0.15) is 5.69 Å². The second kappa shape index (κ2) is 4.43. The summed E-state index contributed by atoms with van der Waals surface area (Å²) in [7, 11) is 0. The fraction of sp³-hybridized carbons (Fsp3) is 0.571. The van der Waals surface area contributed by atoms with Crippen molar-refractivity contribution in [2.75, 3.05) is 11.6 Å². The number of aromatic amines is 1. The minimum Gasteiger partial charge on any atom is -0.349 e. The molecule has 76 valence electrons. The van der Waals surface area contributed by atoms with Crippen LogP contribution in [0.5, 0.6) is 0 Å². The summed E-state index contributed by atoms with van der Waals surface area (Å²) in [6.45, 7) is 0.429. The van der Waals surface area contributed by atoms with Crippen molar-refractivity contribution >= 4 is 17.7 Å². The van der Waals surface area contributed by atoms with Gasteiger partial charge in [0.05, 0.1) is 18.8 Å². The Morgan fingerprint density at radius 3 is 3.36 bits per heavy atom. The van der Waals surface area contributed by atoms with Crippen molar-refractivity contribution in [3.63, 3.8) is 0 Å². The van der Waals surface area contributed by atoms with E-state index in [4.69, 9.17) is 0 Å². The highest BCUT2D eigenvalue weighted by Crippen LogP contribution is 2.09. The Kier molecular flexibility index (Phi) is 3.00. The third-order valence-electron chi connectivity index (χ3n) is 1.94. The summed E-state index contributed by atoms with van der Waals surface area (Å²) in [5.74, 6) is 1.71. The molecule has 0 saturated carbocycles. The number of amides is 1. The SMILES string of the molecule is O=C(NCc1cn[nH]n1)C1CSCN1. The first-order valence-electron chi connectivity index (χ1n) is 4.30. The van der Waals surface area contributed by atoms with E-state index >= 15 is 0 Å². The number of carbonyl (C=O) groups excluding carboxylic acids is 1. The highest BCUT2D eigenvalue weighted by atomic mass is 32.2. The van der Waals surface area contributed by atoms with Gasteiger partial charge in [0, 0.05) is 11.6 Å². The molecule has 0 aliphatic carbocycles. The van der Waals surface area contributed by atoms with E-state index in [2.05, 4.69) is 26.0 Å². The van der Waals surface area contributed by atoms with Crippen molar-refractivity contribution in [1.82, 2.24) is 26.0 Å². The quantitative estimate of drug-likeness (QED) is 0.605. The van der Waals surface area contributed by atoms with E-state index in [-0.39, 0.29) is 11.9 Å². The molecule has 1 aromatic rings. The molecule has 1 atom stereocenters. The maximum Gasteiger partial charge on any atom is 0.238 e. The van der Waals surface area contributed by atoms with Gasteiger partial charge in [0.15, 0.2) is 0 Å². The van der Waals surface area contributed by atoms with E-state index < -0.39 is 0 Å². The lowest BCUT2D eigenvalue weighted by Gasteiger charge is -2.08. The molecule has 1 fully saturated rings. The molecular weight excluding hydrogens is 202 g/mol. The van der Waals surface area contributed by atoms with Crippen LogP contribution >= 0.6 is 11.8 Å². The van der Waals surface area contributed by atoms with Crippen LogP contribution < -0.4 is 10.6 Å². The van der Waals surface area contributed by atoms with E-state index in [9.17, 15) is 4.79 Å². The Morgan fingerprint density at radius 1 is 1.79 bits per heavy atom. The predicted octanol–water partition coefficient (Wildman–Crippen LogP) is -0.917. The van der Waals surface area contributed by atoms with Crippen LogP contribution in [0.4, 0.5) is 0 Å². The van der Waals surface area contributed by atoms with Crippen LogP contribution in [0.3, 0.4) is 0 Å². The van der Waals surface area contributed by atoms with Crippen LogP contribution in [0, 0.1) is 0 Å². The topological polar surface area (TPSA) is 82.7 Å². The Hall–Kier alpha value is -1.08. The fourth-order valence-electron chi connectivity index (χ4n) is 1.17. The third-order valence-corrected chi connectivity index (χ3v) is 2.88. The van der Waals surface area contributed by atoms with Gasteiger partial charge in [0.25, 0.3) is 0 Å². The highest BCUT2D eigenvalue weighted by molar-refractivity contribution is 7.99. The smallest absolute Gasteiger partial charge is 0.238 e. The van der Waals surface area contributed by atoms with Gasteiger partial charge in [-0.2, -0.15) is 15.4 Å². The molecule has 0 aromatic carbocycles. The first kappa shape index (κ1) is 9.47. The van der Waals surface area contributed by atoms with Crippen molar-refractivity contribution in [3.05, 3.63) is 11.9 Å². The number of nitrogens with one attached hydrogen (secondary N) is 3. The van der Waals surface area contributed by atoms with Gasteiger partial charge in [-0.05, 0) is 0 Å². The molecule has 2 rings (SSSR count). The van der Waals surface area contributed by atoms with Gasteiger partial charge < -0.3 is 5.32 Å². The largest absolute Gasteiger partial charge is 0.349 e. The van der Waals surface area contributed by atoms with Gasteiger partial charge in [-0.3, -0.25) is 10.1 Å². The second-order valence-electron chi connectivity index (χ2n) is 2.95. The Bertz CT molecular complexity index is 295. The molecule has 0 radical (unpaired) electrons. The lowest BCUT2D eigenvalue weighted by Crippen LogP contribution is -2.41. The summed E-state index contributed by atoms with van der Waals surface area (Å²) in [6, 6.07) is -0.0631. The number of hydrogen-bond donors (Lipinski definition) is 3. The molecule has 0 spiro atoms. The zero-order chi connectivity index (χ0) is 9.80. The number of H-pyrrole nitrogens is 1. The average Bonchev–Trinajstić information content (AvgIpc) is 2.87. The zero-order valence-electron chi connectivity index (χ0n) is 7.49. The molecule has 1 unspecified atom stereocenters. The standard InChI is InChI=1S/C7H11N5OS/c13-7(6-3-14-4-9-6)8-1-5-2-10-12-11-5/h2,6,9H,1,3-4H2,(H,8,13)(H,10,11,12). The number of aromatic nitrogens is 3. The highest BCUT2D eigenvalue weighted by Gasteiger charge is 2.21.